The van der Waals surface area contributed by atoms with Gasteiger partial charge in [-0.3, -0.25) is 4.79 Å². The number of nitrogens with one attached hydrogen (secondary N) is 1. The molecule has 0 saturated heterocycles. The van der Waals surface area contributed by atoms with Gasteiger partial charge in [0.25, 0.3) is 5.91 Å². The van der Waals surface area contributed by atoms with Gasteiger partial charge < -0.3 is 10.1 Å². The standard InChI is InChI=1S/C13H13ClFNO3/c1-7(12(17)16-9-3-4-9)19-13(18)10-6-8(14)2-5-11(10)15/h2,5-7,9H,3-4H2,1H3,(H,16,17)/t7-/m0/s1. The predicted octanol–water partition coefficient (Wildman–Crippen LogP) is 2.30. The zero-order chi connectivity index (χ0) is 14.0. The molecule has 0 bridgehead atoms. The summed E-state index contributed by atoms with van der Waals surface area (Å²) in [6.07, 6.45) is 0.913. The van der Waals surface area contributed by atoms with E-state index in [9.17, 15) is 14.0 Å². The molecule has 102 valence electrons. The van der Waals surface area contributed by atoms with Crippen molar-refractivity contribution in [1.29, 1.82) is 0 Å². The van der Waals surface area contributed by atoms with Crippen LogP contribution in [-0.2, 0) is 9.53 Å². The van der Waals surface area contributed by atoms with Crippen molar-refractivity contribution >= 4 is 23.5 Å². The summed E-state index contributed by atoms with van der Waals surface area (Å²) in [5, 5.41) is 2.93. The van der Waals surface area contributed by atoms with Crippen LogP contribution in [-0.4, -0.2) is 24.0 Å². The molecule has 1 aromatic rings. The number of benzene rings is 1. The maximum absolute atomic E-state index is 13.4. The molecule has 1 aromatic carbocycles. The smallest absolute Gasteiger partial charge is 0.341 e. The Hall–Kier alpha value is -1.62. The molecule has 1 saturated carbocycles. The Kier molecular flexibility index (Phi) is 4.04. The van der Waals surface area contributed by atoms with Crippen LogP contribution >= 0.6 is 11.6 Å². The average Bonchev–Trinajstić information content (AvgIpc) is 3.15. The van der Waals surface area contributed by atoms with E-state index in [2.05, 4.69) is 5.32 Å². The normalized spacial score (nSPS) is 15.7. The molecule has 0 aliphatic heterocycles. The molecule has 1 aliphatic carbocycles. The molecule has 1 aliphatic rings. The fourth-order valence-corrected chi connectivity index (χ4v) is 1.65. The first-order valence-corrected chi connectivity index (χ1v) is 6.31. The van der Waals surface area contributed by atoms with Gasteiger partial charge >= 0.3 is 5.97 Å². The molecule has 0 unspecified atom stereocenters. The summed E-state index contributed by atoms with van der Waals surface area (Å²) in [5.74, 6) is -2.01. The second-order valence-electron chi connectivity index (χ2n) is 4.45. The maximum atomic E-state index is 13.4. The summed E-state index contributed by atoms with van der Waals surface area (Å²) in [6, 6.07) is 3.76. The van der Waals surface area contributed by atoms with E-state index in [-0.39, 0.29) is 22.5 Å². The van der Waals surface area contributed by atoms with Gasteiger partial charge in [0.1, 0.15) is 5.82 Å². The lowest BCUT2D eigenvalue weighted by molar-refractivity contribution is -0.129. The molecule has 4 nitrogen and oxygen atoms in total. The molecule has 0 heterocycles. The van der Waals surface area contributed by atoms with Gasteiger partial charge in [0.05, 0.1) is 5.56 Å². The van der Waals surface area contributed by atoms with E-state index in [4.69, 9.17) is 16.3 Å². The van der Waals surface area contributed by atoms with Crippen molar-refractivity contribution in [2.24, 2.45) is 0 Å². The fraction of sp³-hybridized carbons (Fsp3) is 0.385. The monoisotopic (exact) mass is 285 g/mol. The second-order valence-corrected chi connectivity index (χ2v) is 4.89. The van der Waals surface area contributed by atoms with E-state index in [0.717, 1.165) is 18.9 Å². The second kappa shape index (κ2) is 5.57. The first-order valence-electron chi connectivity index (χ1n) is 5.94. The lowest BCUT2D eigenvalue weighted by Crippen LogP contribution is -2.37. The number of ether oxygens (including phenoxy) is 1. The minimum atomic E-state index is -0.966. The van der Waals surface area contributed by atoms with Crippen LogP contribution in [0.25, 0.3) is 0 Å². The molecule has 1 atom stereocenters. The zero-order valence-corrected chi connectivity index (χ0v) is 11.0. The van der Waals surface area contributed by atoms with Crippen LogP contribution in [0.3, 0.4) is 0 Å². The first kappa shape index (κ1) is 13.8. The molecule has 1 fully saturated rings. The van der Waals surface area contributed by atoms with Crippen LogP contribution in [0.4, 0.5) is 4.39 Å². The van der Waals surface area contributed by atoms with Crippen LogP contribution in [0.2, 0.25) is 5.02 Å². The van der Waals surface area contributed by atoms with Crippen LogP contribution in [0, 0.1) is 5.82 Å². The van der Waals surface area contributed by atoms with Crippen molar-refractivity contribution in [3.05, 3.63) is 34.6 Å². The molecule has 0 spiro atoms. The summed E-state index contributed by atoms with van der Waals surface area (Å²) >= 11 is 5.68. The molecule has 0 aromatic heterocycles. The summed E-state index contributed by atoms with van der Waals surface area (Å²) in [4.78, 5) is 23.3. The van der Waals surface area contributed by atoms with Crippen molar-refractivity contribution in [3.8, 4) is 0 Å². The Morgan fingerprint density at radius 2 is 2.16 bits per heavy atom. The third kappa shape index (κ3) is 3.67. The topological polar surface area (TPSA) is 55.4 Å². The summed E-state index contributed by atoms with van der Waals surface area (Å²) in [7, 11) is 0. The van der Waals surface area contributed by atoms with Crippen molar-refractivity contribution in [3.63, 3.8) is 0 Å². The van der Waals surface area contributed by atoms with Crippen molar-refractivity contribution in [2.75, 3.05) is 0 Å². The number of hydrogen-bond donors (Lipinski definition) is 1. The number of carbonyl (C=O) groups is 2. The summed E-state index contributed by atoms with van der Waals surface area (Å²) in [6.45, 7) is 1.44. The zero-order valence-electron chi connectivity index (χ0n) is 10.3. The number of rotatable bonds is 4. The van der Waals surface area contributed by atoms with Crippen LogP contribution in [0.5, 0.6) is 0 Å². The maximum Gasteiger partial charge on any atom is 0.341 e. The summed E-state index contributed by atoms with van der Waals surface area (Å²) in [5.41, 5.74) is -0.279. The van der Waals surface area contributed by atoms with E-state index in [1.807, 2.05) is 0 Å². The first-order chi connectivity index (χ1) is 8.97. The highest BCUT2D eigenvalue weighted by atomic mass is 35.5. The van der Waals surface area contributed by atoms with Gasteiger partial charge in [-0.05, 0) is 38.0 Å². The number of esters is 1. The van der Waals surface area contributed by atoms with E-state index >= 15 is 0 Å². The van der Waals surface area contributed by atoms with Gasteiger partial charge in [-0.1, -0.05) is 11.6 Å². The lowest BCUT2D eigenvalue weighted by atomic mass is 10.2. The minimum absolute atomic E-state index is 0.177. The molecule has 19 heavy (non-hydrogen) atoms. The highest BCUT2D eigenvalue weighted by Crippen LogP contribution is 2.19. The van der Waals surface area contributed by atoms with Crippen molar-refractivity contribution in [1.82, 2.24) is 5.32 Å². The molecule has 1 amide bonds. The Morgan fingerprint density at radius 3 is 2.79 bits per heavy atom. The van der Waals surface area contributed by atoms with Gasteiger partial charge in [-0.15, -0.1) is 0 Å². The van der Waals surface area contributed by atoms with E-state index in [1.165, 1.54) is 19.1 Å². The third-order valence-electron chi connectivity index (χ3n) is 2.73. The van der Waals surface area contributed by atoms with Gasteiger partial charge in [-0.2, -0.15) is 0 Å². The van der Waals surface area contributed by atoms with Crippen LogP contribution < -0.4 is 5.32 Å². The molecule has 6 heteroatoms. The largest absolute Gasteiger partial charge is 0.449 e. The fourth-order valence-electron chi connectivity index (χ4n) is 1.48. The lowest BCUT2D eigenvalue weighted by Gasteiger charge is -2.13. The average molecular weight is 286 g/mol. The highest BCUT2D eigenvalue weighted by molar-refractivity contribution is 6.30. The van der Waals surface area contributed by atoms with E-state index in [0.29, 0.717) is 0 Å². The molecule has 0 radical (unpaired) electrons. The van der Waals surface area contributed by atoms with E-state index < -0.39 is 17.9 Å². The van der Waals surface area contributed by atoms with Crippen molar-refractivity contribution < 1.29 is 18.7 Å². The number of hydrogen-bond acceptors (Lipinski definition) is 3. The molecular formula is C13H13ClFNO3. The predicted molar refractivity (Wildman–Crippen MR) is 67.5 cm³/mol. The number of amides is 1. The van der Waals surface area contributed by atoms with Crippen LogP contribution in [0.1, 0.15) is 30.1 Å². The minimum Gasteiger partial charge on any atom is -0.449 e. The molecule has 2 rings (SSSR count). The molecule has 1 N–H and O–H groups in total. The van der Waals surface area contributed by atoms with Crippen molar-refractivity contribution in [2.45, 2.75) is 31.9 Å². The Balaban J connectivity index is 1.99. The van der Waals surface area contributed by atoms with E-state index in [1.54, 1.807) is 0 Å². The van der Waals surface area contributed by atoms with Gasteiger partial charge in [0.15, 0.2) is 6.10 Å². The quantitative estimate of drug-likeness (QED) is 0.864. The van der Waals surface area contributed by atoms with Gasteiger partial charge in [0.2, 0.25) is 0 Å². The SMILES string of the molecule is C[C@H](OC(=O)c1cc(Cl)ccc1F)C(=O)NC1CC1. The molecular weight excluding hydrogens is 273 g/mol. The Labute approximate surface area is 114 Å². The third-order valence-corrected chi connectivity index (χ3v) is 2.96. The Bertz CT molecular complexity index is 517. The summed E-state index contributed by atoms with van der Waals surface area (Å²) < 4.78 is 18.3. The Morgan fingerprint density at radius 1 is 1.47 bits per heavy atom. The van der Waals surface area contributed by atoms with Gasteiger partial charge in [0, 0.05) is 11.1 Å². The number of carbonyl (C=O) groups excluding carboxylic acids is 2. The van der Waals surface area contributed by atoms with Gasteiger partial charge in [-0.25, -0.2) is 9.18 Å². The highest BCUT2D eigenvalue weighted by Gasteiger charge is 2.27. The number of halogens is 2. The van der Waals surface area contributed by atoms with Crippen LogP contribution in [0.15, 0.2) is 18.2 Å².